The second kappa shape index (κ2) is 9.55. The molecule has 182 valence electrons. The average Bonchev–Trinajstić information content (AvgIpc) is 3.31. The molecule has 1 aromatic carbocycles. The minimum atomic E-state index is -1.46. The first-order chi connectivity index (χ1) is 16.3. The third kappa shape index (κ3) is 4.19. The third-order valence-electron chi connectivity index (χ3n) is 5.21. The van der Waals surface area contributed by atoms with Gasteiger partial charge in [0.25, 0.3) is 5.56 Å². The number of halogens is 1. The summed E-state index contributed by atoms with van der Waals surface area (Å²) >= 11 is 3.43. The van der Waals surface area contributed by atoms with Crippen molar-refractivity contribution in [2.45, 2.75) is 24.5 Å². The van der Waals surface area contributed by atoms with E-state index >= 15 is 0 Å². The number of nitrogens with zero attached hydrogens (tertiary/aromatic N) is 4. The first-order valence-electron chi connectivity index (χ1n) is 9.89. The summed E-state index contributed by atoms with van der Waals surface area (Å²) in [6.07, 6.45) is -3.68. The van der Waals surface area contributed by atoms with Gasteiger partial charge in [0.2, 0.25) is 11.9 Å². The molecule has 3 aromatic rings. The lowest BCUT2D eigenvalue weighted by molar-refractivity contribution is -0.0501. The molecule has 4 atom stereocenters. The van der Waals surface area contributed by atoms with E-state index in [0.29, 0.717) is 21.5 Å². The number of aromatic nitrogens is 4. The van der Waals surface area contributed by atoms with Crippen LogP contribution in [0.3, 0.4) is 0 Å². The Balaban J connectivity index is 1.74. The van der Waals surface area contributed by atoms with Gasteiger partial charge in [-0.2, -0.15) is 10.1 Å². The van der Waals surface area contributed by atoms with Crippen molar-refractivity contribution in [3.63, 3.8) is 0 Å². The molecular formula is C19H22BrN7O7. The maximum absolute atomic E-state index is 12.4. The number of nitrogens with two attached hydrogens (primary N) is 1. The van der Waals surface area contributed by atoms with E-state index in [0.717, 1.165) is 0 Å². The molecule has 7 N–H and O–H groups in total. The van der Waals surface area contributed by atoms with Gasteiger partial charge in [-0.1, -0.05) is 0 Å². The van der Waals surface area contributed by atoms with Gasteiger partial charge in [-0.3, -0.25) is 14.3 Å². The first kappa shape index (κ1) is 23.9. The van der Waals surface area contributed by atoms with E-state index in [-0.39, 0.29) is 23.1 Å². The molecule has 1 aliphatic heterocycles. The monoisotopic (exact) mass is 539 g/mol. The van der Waals surface area contributed by atoms with E-state index in [2.05, 4.69) is 41.4 Å². The summed E-state index contributed by atoms with van der Waals surface area (Å²) in [6, 6.07) is 3.40. The molecule has 0 spiro atoms. The highest BCUT2D eigenvalue weighted by molar-refractivity contribution is 9.10. The first-order valence-corrected chi connectivity index (χ1v) is 10.7. The Morgan fingerprint density at radius 3 is 2.65 bits per heavy atom. The number of aliphatic hydroxyl groups excluding tert-OH is 3. The van der Waals surface area contributed by atoms with Crippen molar-refractivity contribution < 1.29 is 29.5 Å². The Bertz CT molecular complexity index is 1290. The van der Waals surface area contributed by atoms with Crippen molar-refractivity contribution in [2.75, 3.05) is 32.0 Å². The van der Waals surface area contributed by atoms with Gasteiger partial charge in [0.1, 0.15) is 18.3 Å². The summed E-state index contributed by atoms with van der Waals surface area (Å²) in [4.78, 5) is 23.0. The number of anilines is 2. The minimum absolute atomic E-state index is 0.0129. The van der Waals surface area contributed by atoms with E-state index in [1.54, 1.807) is 12.1 Å². The summed E-state index contributed by atoms with van der Waals surface area (Å²) in [5.41, 5.74) is 8.27. The number of fused-ring (bicyclic) bond motifs is 1. The molecule has 0 radical (unpaired) electrons. The summed E-state index contributed by atoms with van der Waals surface area (Å²) in [6.45, 7) is -0.536. The summed E-state index contributed by atoms with van der Waals surface area (Å²) < 4.78 is 18.1. The molecule has 1 aliphatic rings. The number of methoxy groups -OCH3 is 2. The molecule has 4 rings (SSSR count). The second-order valence-corrected chi connectivity index (χ2v) is 8.11. The summed E-state index contributed by atoms with van der Waals surface area (Å²) in [5.74, 6) is 0.793. The Morgan fingerprint density at radius 2 is 2.00 bits per heavy atom. The fraction of sp³-hybridized carbons (Fsp3) is 0.368. The number of rotatable bonds is 7. The predicted molar refractivity (Wildman–Crippen MR) is 124 cm³/mol. The number of hydrogen-bond acceptors (Lipinski definition) is 12. The standard InChI is InChI=1S/C19H22BrN7O7/c1-32-9-3-7(8(20)4-10(9)33-2)5-22-26-19-23-12-15(24-18(21)25-16(12)31)27(19)17-14(30)13(29)11(6-28)34-17/h3-5,11,13-14,17,28-30H,6H2,1-2H3,(H,23,26)(H3,21,24,25,31)/b22-5-/t11-,13+,14+,17+/m0/s1. The summed E-state index contributed by atoms with van der Waals surface area (Å²) in [7, 11) is 3.02. The second-order valence-electron chi connectivity index (χ2n) is 7.26. The van der Waals surface area contributed by atoms with E-state index < -0.39 is 36.7 Å². The van der Waals surface area contributed by atoms with Gasteiger partial charge in [-0.15, -0.1) is 0 Å². The van der Waals surface area contributed by atoms with Crippen LogP contribution in [0, 0.1) is 0 Å². The molecule has 15 heteroatoms. The SMILES string of the molecule is COc1cc(Br)c(/C=N\Nc2nc3c(=O)[nH]c(N)nc3n2[C@@H]2O[C@@H](CO)[C@@H](O)[C@H]2O)cc1OC. The highest BCUT2D eigenvalue weighted by Gasteiger charge is 2.45. The van der Waals surface area contributed by atoms with E-state index in [9.17, 15) is 20.1 Å². The highest BCUT2D eigenvalue weighted by atomic mass is 79.9. The van der Waals surface area contributed by atoms with Crippen LogP contribution in [-0.2, 0) is 4.74 Å². The Hall–Kier alpha value is -3.24. The molecule has 14 nitrogen and oxygen atoms in total. The van der Waals surface area contributed by atoms with Crippen molar-refractivity contribution >= 4 is 45.2 Å². The number of ether oxygens (including phenoxy) is 3. The number of imidazole rings is 1. The van der Waals surface area contributed by atoms with Gasteiger partial charge in [-0.05, 0) is 28.1 Å². The van der Waals surface area contributed by atoms with Crippen LogP contribution in [0.4, 0.5) is 11.9 Å². The zero-order valence-corrected chi connectivity index (χ0v) is 19.6. The van der Waals surface area contributed by atoms with Crippen LogP contribution in [0.2, 0.25) is 0 Å². The topological polar surface area (TPSA) is 202 Å². The van der Waals surface area contributed by atoms with Crippen molar-refractivity contribution in [1.82, 2.24) is 19.5 Å². The summed E-state index contributed by atoms with van der Waals surface area (Å²) in [5, 5.41) is 34.3. The smallest absolute Gasteiger partial charge is 0.280 e. The Kier molecular flexibility index (Phi) is 6.72. The lowest BCUT2D eigenvalue weighted by atomic mass is 10.1. The quantitative estimate of drug-likeness (QED) is 0.167. The van der Waals surface area contributed by atoms with E-state index in [4.69, 9.17) is 19.9 Å². The highest BCUT2D eigenvalue weighted by Crippen LogP contribution is 2.34. The maximum Gasteiger partial charge on any atom is 0.280 e. The van der Waals surface area contributed by atoms with Gasteiger partial charge in [0.05, 0.1) is 27.0 Å². The van der Waals surface area contributed by atoms with Crippen molar-refractivity contribution in [3.05, 3.63) is 32.5 Å². The zero-order chi connectivity index (χ0) is 24.6. The van der Waals surface area contributed by atoms with Crippen LogP contribution in [0.5, 0.6) is 11.5 Å². The molecule has 0 unspecified atom stereocenters. The molecule has 1 saturated heterocycles. The predicted octanol–water partition coefficient (Wildman–Crippen LogP) is -0.461. The van der Waals surface area contributed by atoms with Gasteiger partial charge < -0.3 is 35.3 Å². The fourth-order valence-corrected chi connectivity index (χ4v) is 3.97. The van der Waals surface area contributed by atoms with Crippen molar-refractivity contribution in [1.29, 1.82) is 0 Å². The number of hydrazone groups is 1. The van der Waals surface area contributed by atoms with Crippen LogP contribution in [0.15, 0.2) is 26.5 Å². The number of nitrogens with one attached hydrogen (secondary N) is 2. The fourth-order valence-electron chi connectivity index (χ4n) is 3.54. The molecule has 34 heavy (non-hydrogen) atoms. The molecule has 0 saturated carbocycles. The van der Waals surface area contributed by atoms with Crippen molar-refractivity contribution in [3.8, 4) is 11.5 Å². The largest absolute Gasteiger partial charge is 0.493 e. The number of benzene rings is 1. The van der Waals surface area contributed by atoms with Crippen LogP contribution in [0.25, 0.3) is 11.2 Å². The third-order valence-corrected chi connectivity index (χ3v) is 5.90. The number of nitrogen functional groups attached to an aromatic ring is 1. The number of aromatic amines is 1. The molecule has 0 bridgehead atoms. The molecular weight excluding hydrogens is 518 g/mol. The maximum atomic E-state index is 12.4. The van der Waals surface area contributed by atoms with Crippen LogP contribution in [0.1, 0.15) is 11.8 Å². The van der Waals surface area contributed by atoms with Crippen LogP contribution < -0.4 is 26.2 Å². The number of H-pyrrole nitrogens is 1. The molecule has 2 aromatic heterocycles. The molecule has 0 aliphatic carbocycles. The molecule has 0 amide bonds. The lowest BCUT2D eigenvalue weighted by Crippen LogP contribution is -2.33. The van der Waals surface area contributed by atoms with E-state index in [1.807, 2.05) is 0 Å². The normalized spacial score (nSPS) is 22.5. The van der Waals surface area contributed by atoms with Crippen molar-refractivity contribution in [2.24, 2.45) is 5.10 Å². The Labute approximate surface area is 200 Å². The minimum Gasteiger partial charge on any atom is -0.493 e. The van der Waals surface area contributed by atoms with Crippen LogP contribution in [-0.4, -0.2) is 80.2 Å². The Morgan fingerprint density at radius 1 is 1.29 bits per heavy atom. The van der Waals surface area contributed by atoms with Gasteiger partial charge in [0, 0.05) is 10.0 Å². The zero-order valence-electron chi connectivity index (χ0n) is 18.0. The van der Waals surface area contributed by atoms with E-state index in [1.165, 1.54) is 25.0 Å². The van der Waals surface area contributed by atoms with Crippen LogP contribution >= 0.6 is 15.9 Å². The molecule has 1 fully saturated rings. The molecule has 3 heterocycles. The number of aliphatic hydroxyl groups is 3. The van der Waals surface area contributed by atoms with Gasteiger partial charge >= 0.3 is 0 Å². The lowest BCUT2D eigenvalue weighted by Gasteiger charge is -2.18. The average molecular weight is 540 g/mol. The van der Waals surface area contributed by atoms with Gasteiger partial charge in [0.15, 0.2) is 28.9 Å². The van der Waals surface area contributed by atoms with Gasteiger partial charge in [-0.25, -0.2) is 10.4 Å². The number of hydrogen-bond donors (Lipinski definition) is 6.